The molecule has 1 fully saturated rings. The number of benzene rings is 1. The third-order valence-electron chi connectivity index (χ3n) is 3.65. The Morgan fingerprint density at radius 2 is 1.95 bits per heavy atom. The van der Waals surface area contributed by atoms with E-state index in [1.54, 1.807) is 17.0 Å². The molecule has 0 spiro atoms. The number of hydrogen-bond acceptors (Lipinski definition) is 4. The van der Waals surface area contributed by atoms with Crippen molar-refractivity contribution in [3.8, 4) is 0 Å². The number of ether oxygens (including phenoxy) is 1. The van der Waals surface area contributed by atoms with Crippen LogP contribution in [0.3, 0.4) is 0 Å². The molecule has 1 amide bonds. The molecule has 0 bridgehead atoms. The van der Waals surface area contributed by atoms with E-state index in [0.717, 1.165) is 18.4 Å². The van der Waals surface area contributed by atoms with Gasteiger partial charge in [0.15, 0.2) is 0 Å². The summed E-state index contributed by atoms with van der Waals surface area (Å²) >= 11 is 0. The van der Waals surface area contributed by atoms with E-state index >= 15 is 0 Å². The number of rotatable bonds is 2. The number of carbonyl (C=O) groups is 1. The minimum absolute atomic E-state index is 0.0866. The van der Waals surface area contributed by atoms with Gasteiger partial charge in [-0.1, -0.05) is 12.1 Å². The van der Waals surface area contributed by atoms with Crippen molar-refractivity contribution in [3.63, 3.8) is 0 Å². The predicted molar refractivity (Wildman–Crippen MR) is 82.9 cm³/mol. The Labute approximate surface area is 130 Å². The molecule has 1 aromatic carbocycles. The molecule has 1 heterocycles. The second-order valence-corrected chi connectivity index (χ2v) is 6.61. The molecule has 2 rings (SSSR count). The summed E-state index contributed by atoms with van der Waals surface area (Å²) in [5.41, 5.74) is 0.611. The zero-order valence-corrected chi connectivity index (χ0v) is 13.2. The van der Waals surface area contributed by atoms with E-state index in [2.05, 4.69) is 0 Å². The van der Waals surface area contributed by atoms with E-state index in [4.69, 9.17) is 4.74 Å². The van der Waals surface area contributed by atoms with Crippen molar-refractivity contribution >= 4 is 11.8 Å². The quantitative estimate of drug-likeness (QED) is 0.616. The van der Waals surface area contributed by atoms with Crippen LogP contribution >= 0.6 is 0 Å². The molecular formula is C16H22N2O4. The second kappa shape index (κ2) is 6.34. The van der Waals surface area contributed by atoms with E-state index in [1.165, 1.54) is 12.1 Å². The van der Waals surface area contributed by atoms with Crippen molar-refractivity contribution in [1.82, 2.24) is 4.90 Å². The molecule has 22 heavy (non-hydrogen) atoms. The lowest BCUT2D eigenvalue weighted by Crippen LogP contribution is -2.42. The number of non-ortho nitro benzene ring substituents is 1. The van der Waals surface area contributed by atoms with E-state index in [1.807, 2.05) is 20.8 Å². The number of hydrogen-bond donors (Lipinski definition) is 0. The van der Waals surface area contributed by atoms with Crippen LogP contribution in [-0.2, 0) is 4.74 Å². The van der Waals surface area contributed by atoms with Gasteiger partial charge in [-0.3, -0.25) is 10.1 Å². The maximum absolute atomic E-state index is 12.1. The first-order chi connectivity index (χ1) is 10.3. The SMILES string of the molecule is CC(C)(C)OC(=O)N1CCCC(c2ccc([N+](=O)[O-])cc2)C1. The van der Waals surface area contributed by atoms with E-state index in [0.29, 0.717) is 13.1 Å². The first kappa shape index (κ1) is 16.3. The fourth-order valence-electron chi connectivity index (χ4n) is 2.61. The van der Waals surface area contributed by atoms with Crippen LogP contribution in [0.25, 0.3) is 0 Å². The van der Waals surface area contributed by atoms with Crippen LogP contribution in [0.2, 0.25) is 0 Å². The maximum atomic E-state index is 12.1. The molecular weight excluding hydrogens is 284 g/mol. The molecule has 1 aromatic rings. The van der Waals surface area contributed by atoms with Gasteiger partial charge in [-0.05, 0) is 39.2 Å². The zero-order valence-electron chi connectivity index (χ0n) is 13.2. The Morgan fingerprint density at radius 1 is 1.32 bits per heavy atom. The summed E-state index contributed by atoms with van der Waals surface area (Å²) in [6.45, 7) is 6.83. The molecule has 1 atom stereocenters. The van der Waals surface area contributed by atoms with Crippen LogP contribution < -0.4 is 0 Å². The highest BCUT2D eigenvalue weighted by Crippen LogP contribution is 2.29. The van der Waals surface area contributed by atoms with Gasteiger partial charge >= 0.3 is 6.09 Å². The standard InChI is InChI=1S/C16H22N2O4/c1-16(2,3)22-15(19)17-10-4-5-13(11-17)12-6-8-14(9-7-12)18(20)21/h6-9,13H,4-5,10-11H2,1-3H3. The highest BCUT2D eigenvalue weighted by molar-refractivity contribution is 5.68. The van der Waals surface area contributed by atoms with Crippen molar-refractivity contribution in [2.75, 3.05) is 13.1 Å². The number of likely N-dealkylation sites (tertiary alicyclic amines) is 1. The molecule has 1 unspecified atom stereocenters. The fraction of sp³-hybridized carbons (Fsp3) is 0.562. The molecule has 6 nitrogen and oxygen atoms in total. The summed E-state index contributed by atoms with van der Waals surface area (Å²) in [6, 6.07) is 6.59. The van der Waals surface area contributed by atoms with Crippen molar-refractivity contribution in [2.24, 2.45) is 0 Å². The number of nitrogens with zero attached hydrogens (tertiary/aromatic N) is 2. The lowest BCUT2D eigenvalue weighted by Gasteiger charge is -2.34. The fourth-order valence-corrected chi connectivity index (χ4v) is 2.61. The summed E-state index contributed by atoms with van der Waals surface area (Å²) in [5.74, 6) is 0.196. The van der Waals surface area contributed by atoms with Crippen molar-refractivity contribution in [2.45, 2.75) is 45.1 Å². The largest absolute Gasteiger partial charge is 0.444 e. The third-order valence-corrected chi connectivity index (χ3v) is 3.65. The molecule has 1 saturated heterocycles. The number of nitro groups is 1. The van der Waals surface area contributed by atoms with Gasteiger partial charge in [-0.2, -0.15) is 0 Å². The number of piperidine rings is 1. The molecule has 6 heteroatoms. The summed E-state index contributed by atoms with van der Waals surface area (Å²) in [6.07, 6.45) is 1.58. The molecule has 1 aliphatic heterocycles. The van der Waals surface area contributed by atoms with Gasteiger partial charge < -0.3 is 9.64 Å². The molecule has 0 aromatic heterocycles. The van der Waals surface area contributed by atoms with Crippen LogP contribution in [-0.4, -0.2) is 34.6 Å². The lowest BCUT2D eigenvalue weighted by atomic mass is 9.91. The molecule has 120 valence electrons. The van der Waals surface area contributed by atoms with Crippen molar-refractivity contribution in [3.05, 3.63) is 39.9 Å². The van der Waals surface area contributed by atoms with E-state index in [9.17, 15) is 14.9 Å². The van der Waals surface area contributed by atoms with Crippen LogP contribution in [0.15, 0.2) is 24.3 Å². The average molecular weight is 306 g/mol. The number of nitro benzene ring substituents is 1. The predicted octanol–water partition coefficient (Wildman–Crippen LogP) is 3.71. The summed E-state index contributed by atoms with van der Waals surface area (Å²) in [7, 11) is 0. The highest BCUT2D eigenvalue weighted by Gasteiger charge is 2.28. The molecule has 0 aliphatic carbocycles. The highest BCUT2D eigenvalue weighted by atomic mass is 16.6. The Morgan fingerprint density at radius 3 is 2.50 bits per heavy atom. The molecule has 0 N–H and O–H groups in total. The summed E-state index contributed by atoms with van der Waals surface area (Å²) < 4.78 is 5.41. The molecule has 1 aliphatic rings. The first-order valence-electron chi connectivity index (χ1n) is 7.48. The molecule has 0 saturated carbocycles. The van der Waals surface area contributed by atoms with Crippen LogP contribution in [0.1, 0.15) is 45.1 Å². The van der Waals surface area contributed by atoms with Gasteiger partial charge in [0.05, 0.1) is 4.92 Å². The van der Waals surface area contributed by atoms with E-state index < -0.39 is 10.5 Å². The Kier molecular flexibility index (Phi) is 4.68. The number of carbonyl (C=O) groups excluding carboxylic acids is 1. The Hall–Kier alpha value is -2.11. The van der Waals surface area contributed by atoms with Crippen molar-refractivity contribution < 1.29 is 14.5 Å². The second-order valence-electron chi connectivity index (χ2n) is 6.61. The van der Waals surface area contributed by atoms with Gasteiger partial charge in [0.2, 0.25) is 0 Å². The maximum Gasteiger partial charge on any atom is 0.410 e. The van der Waals surface area contributed by atoms with E-state index in [-0.39, 0.29) is 17.7 Å². The van der Waals surface area contributed by atoms with Gasteiger partial charge in [0.25, 0.3) is 5.69 Å². The normalized spacial score (nSPS) is 18.9. The molecule has 0 radical (unpaired) electrons. The third kappa shape index (κ3) is 4.19. The van der Waals surface area contributed by atoms with Gasteiger partial charge in [-0.15, -0.1) is 0 Å². The van der Waals surface area contributed by atoms with Crippen LogP contribution in [0.5, 0.6) is 0 Å². The van der Waals surface area contributed by atoms with Crippen LogP contribution in [0, 0.1) is 10.1 Å². The summed E-state index contributed by atoms with van der Waals surface area (Å²) in [5, 5.41) is 10.7. The van der Waals surface area contributed by atoms with Crippen molar-refractivity contribution in [1.29, 1.82) is 0 Å². The Balaban J connectivity index is 2.04. The minimum atomic E-state index is -0.503. The van der Waals surface area contributed by atoms with Crippen LogP contribution in [0.4, 0.5) is 10.5 Å². The summed E-state index contributed by atoms with van der Waals surface area (Å²) in [4.78, 5) is 24.2. The number of amides is 1. The minimum Gasteiger partial charge on any atom is -0.444 e. The van der Waals surface area contributed by atoms with Gasteiger partial charge in [-0.25, -0.2) is 4.79 Å². The van der Waals surface area contributed by atoms with Gasteiger partial charge in [0.1, 0.15) is 5.60 Å². The Bertz CT molecular complexity index is 548. The monoisotopic (exact) mass is 306 g/mol. The first-order valence-corrected chi connectivity index (χ1v) is 7.48. The average Bonchev–Trinajstić information content (AvgIpc) is 2.46. The zero-order chi connectivity index (χ0) is 16.3. The van der Waals surface area contributed by atoms with Gasteiger partial charge in [0, 0.05) is 31.1 Å². The topological polar surface area (TPSA) is 72.7 Å². The smallest absolute Gasteiger partial charge is 0.410 e. The lowest BCUT2D eigenvalue weighted by molar-refractivity contribution is -0.384.